The van der Waals surface area contributed by atoms with Crippen molar-refractivity contribution in [2.45, 2.75) is 13.3 Å². The highest BCUT2D eigenvalue weighted by Gasteiger charge is 2.26. The number of carboxylic acid groups (broad SMARTS) is 1. The van der Waals surface area contributed by atoms with Crippen molar-refractivity contribution < 1.29 is 29.2 Å². The monoisotopic (exact) mass is 382 g/mol. The van der Waals surface area contributed by atoms with Gasteiger partial charge in [0.1, 0.15) is 23.0 Å². The topological polar surface area (TPSA) is 85.2 Å². The number of allylic oxidation sites excluding steroid dienone is 2. The van der Waals surface area contributed by atoms with Gasteiger partial charge in [0.2, 0.25) is 0 Å². The zero-order valence-corrected chi connectivity index (χ0v) is 16.2. The van der Waals surface area contributed by atoms with Gasteiger partial charge in [-0.3, -0.25) is 4.79 Å². The first kappa shape index (κ1) is 19.4. The molecule has 0 atom stereocenters. The molecular weight excluding hydrogens is 360 g/mol. The van der Waals surface area contributed by atoms with Crippen LogP contribution in [0, 0.1) is 0 Å². The highest BCUT2D eigenvalue weighted by atomic mass is 16.5. The van der Waals surface area contributed by atoms with Crippen LogP contribution in [0.3, 0.4) is 0 Å². The van der Waals surface area contributed by atoms with Gasteiger partial charge in [-0.25, -0.2) is 0 Å². The van der Waals surface area contributed by atoms with Crippen LogP contribution >= 0.6 is 0 Å². The van der Waals surface area contributed by atoms with Gasteiger partial charge >= 0.3 is 5.97 Å². The summed E-state index contributed by atoms with van der Waals surface area (Å²) in [6.45, 7) is 1.88. The van der Waals surface area contributed by atoms with E-state index in [2.05, 4.69) is 0 Å². The minimum Gasteiger partial charge on any atom is -0.508 e. The number of aliphatic carboxylic acids is 1. The summed E-state index contributed by atoms with van der Waals surface area (Å²) in [6.07, 6.45) is 1.79. The fourth-order valence-corrected chi connectivity index (χ4v) is 3.47. The van der Waals surface area contributed by atoms with E-state index in [0.717, 1.165) is 27.8 Å². The maximum atomic E-state index is 11.4. The van der Waals surface area contributed by atoms with E-state index < -0.39 is 5.97 Å². The Kier molecular flexibility index (Phi) is 5.31. The van der Waals surface area contributed by atoms with Gasteiger partial charge in [-0.1, -0.05) is 6.07 Å². The Morgan fingerprint density at radius 3 is 2.18 bits per heavy atom. The largest absolute Gasteiger partial charge is 0.508 e. The van der Waals surface area contributed by atoms with E-state index in [4.69, 9.17) is 14.2 Å². The van der Waals surface area contributed by atoms with E-state index in [1.54, 1.807) is 51.7 Å². The van der Waals surface area contributed by atoms with Crippen molar-refractivity contribution in [2.75, 3.05) is 21.3 Å². The molecule has 146 valence electrons. The minimum atomic E-state index is -0.926. The van der Waals surface area contributed by atoms with Crippen LogP contribution in [-0.4, -0.2) is 37.5 Å². The first-order valence-electron chi connectivity index (χ1n) is 8.67. The summed E-state index contributed by atoms with van der Waals surface area (Å²) < 4.78 is 16.3. The summed E-state index contributed by atoms with van der Waals surface area (Å²) >= 11 is 0. The first-order chi connectivity index (χ1) is 13.4. The lowest BCUT2D eigenvalue weighted by Crippen LogP contribution is -1.96. The highest BCUT2D eigenvalue weighted by molar-refractivity contribution is 6.08. The molecule has 0 fully saturated rings. The molecule has 0 saturated heterocycles. The van der Waals surface area contributed by atoms with Crippen molar-refractivity contribution in [1.82, 2.24) is 0 Å². The SMILES string of the molecule is COc1cc(OC)c(/C=C2\C(C)=C(CC(=O)O)c3cc(O)ccc32)c(OC)c1. The van der Waals surface area contributed by atoms with Gasteiger partial charge in [-0.15, -0.1) is 0 Å². The van der Waals surface area contributed by atoms with Crippen LogP contribution in [0.1, 0.15) is 30.0 Å². The van der Waals surface area contributed by atoms with E-state index in [-0.39, 0.29) is 12.2 Å². The minimum absolute atomic E-state index is 0.0929. The van der Waals surface area contributed by atoms with Gasteiger partial charge in [0.15, 0.2) is 0 Å². The van der Waals surface area contributed by atoms with Crippen LogP contribution in [0.25, 0.3) is 17.2 Å². The standard InChI is InChI=1S/C22H22O6/c1-12-16(10-19-20(27-3)8-14(26-2)9-21(19)28-4)15-6-5-13(23)7-18(15)17(12)11-22(24)25/h5-10,23H,11H2,1-4H3,(H,24,25)/b16-10+. The van der Waals surface area contributed by atoms with E-state index in [1.807, 2.05) is 13.0 Å². The van der Waals surface area contributed by atoms with Gasteiger partial charge in [0.25, 0.3) is 0 Å². The molecule has 1 aliphatic rings. The molecule has 0 heterocycles. The number of rotatable bonds is 6. The predicted octanol–water partition coefficient (Wildman–Crippen LogP) is 4.22. The Balaban J connectivity index is 2.25. The number of aromatic hydroxyl groups is 1. The Labute approximate surface area is 163 Å². The van der Waals surface area contributed by atoms with Crippen molar-refractivity contribution in [3.63, 3.8) is 0 Å². The van der Waals surface area contributed by atoms with Crippen LogP contribution < -0.4 is 14.2 Å². The van der Waals surface area contributed by atoms with E-state index >= 15 is 0 Å². The molecule has 2 N–H and O–H groups in total. The quantitative estimate of drug-likeness (QED) is 0.778. The third-order valence-corrected chi connectivity index (χ3v) is 4.84. The molecule has 0 radical (unpaired) electrons. The zero-order valence-electron chi connectivity index (χ0n) is 16.2. The van der Waals surface area contributed by atoms with Crippen molar-refractivity contribution in [3.8, 4) is 23.0 Å². The van der Waals surface area contributed by atoms with Crippen molar-refractivity contribution >= 4 is 23.2 Å². The van der Waals surface area contributed by atoms with Crippen molar-refractivity contribution in [1.29, 1.82) is 0 Å². The third-order valence-electron chi connectivity index (χ3n) is 4.84. The van der Waals surface area contributed by atoms with E-state index in [9.17, 15) is 15.0 Å². The summed E-state index contributed by atoms with van der Waals surface area (Å²) in [4.78, 5) is 11.4. The summed E-state index contributed by atoms with van der Waals surface area (Å²) in [6, 6.07) is 8.50. The molecule has 0 aliphatic heterocycles. The number of carbonyl (C=O) groups is 1. The van der Waals surface area contributed by atoms with Crippen LogP contribution in [0.5, 0.6) is 23.0 Å². The molecule has 0 spiro atoms. The fraction of sp³-hybridized carbons (Fsp3) is 0.227. The third kappa shape index (κ3) is 3.41. The maximum absolute atomic E-state index is 11.4. The lowest BCUT2D eigenvalue weighted by atomic mass is 9.99. The Bertz CT molecular complexity index is 975. The predicted molar refractivity (Wildman–Crippen MR) is 107 cm³/mol. The van der Waals surface area contributed by atoms with Gasteiger partial charge in [0, 0.05) is 12.1 Å². The number of hydrogen-bond donors (Lipinski definition) is 2. The summed E-state index contributed by atoms with van der Waals surface area (Å²) in [5, 5.41) is 19.2. The summed E-state index contributed by atoms with van der Waals surface area (Å²) in [7, 11) is 4.70. The van der Waals surface area contributed by atoms with Gasteiger partial charge in [0.05, 0.1) is 33.3 Å². The molecule has 2 aromatic carbocycles. The highest BCUT2D eigenvalue weighted by Crippen LogP contribution is 2.46. The van der Waals surface area contributed by atoms with Crippen molar-refractivity contribution in [3.05, 3.63) is 52.6 Å². The second kappa shape index (κ2) is 7.68. The molecular formula is C22H22O6. The fourth-order valence-electron chi connectivity index (χ4n) is 3.47. The first-order valence-corrected chi connectivity index (χ1v) is 8.67. The van der Waals surface area contributed by atoms with Gasteiger partial charge in [-0.2, -0.15) is 0 Å². The molecule has 0 unspecified atom stereocenters. The number of benzene rings is 2. The Hall–Kier alpha value is -3.41. The second-order valence-corrected chi connectivity index (χ2v) is 6.41. The molecule has 0 aromatic heterocycles. The molecule has 0 saturated carbocycles. The number of phenols is 1. The van der Waals surface area contributed by atoms with Crippen LogP contribution in [0.15, 0.2) is 35.9 Å². The number of carboxylic acids is 1. The molecule has 3 rings (SSSR count). The second-order valence-electron chi connectivity index (χ2n) is 6.41. The average Bonchev–Trinajstić information content (AvgIpc) is 2.92. The molecule has 6 heteroatoms. The maximum Gasteiger partial charge on any atom is 0.307 e. The lowest BCUT2D eigenvalue weighted by molar-refractivity contribution is -0.135. The molecule has 28 heavy (non-hydrogen) atoms. The van der Waals surface area contributed by atoms with E-state index in [0.29, 0.717) is 22.8 Å². The molecule has 2 aromatic rings. The van der Waals surface area contributed by atoms with Gasteiger partial charge in [-0.05, 0) is 53.0 Å². The van der Waals surface area contributed by atoms with Crippen LogP contribution in [0.2, 0.25) is 0 Å². The number of hydrogen-bond acceptors (Lipinski definition) is 5. The smallest absolute Gasteiger partial charge is 0.307 e. The summed E-state index contributed by atoms with van der Waals surface area (Å²) in [5.41, 5.74) is 4.66. The lowest BCUT2D eigenvalue weighted by Gasteiger charge is -2.14. The van der Waals surface area contributed by atoms with E-state index in [1.165, 1.54) is 0 Å². The molecule has 1 aliphatic carbocycles. The zero-order chi connectivity index (χ0) is 20.4. The Morgan fingerprint density at radius 1 is 1.00 bits per heavy atom. The Morgan fingerprint density at radius 2 is 1.64 bits per heavy atom. The molecule has 0 bridgehead atoms. The number of methoxy groups -OCH3 is 3. The van der Waals surface area contributed by atoms with Crippen molar-refractivity contribution in [2.24, 2.45) is 0 Å². The summed E-state index contributed by atoms with van der Waals surface area (Å²) in [5.74, 6) is 0.915. The van der Waals surface area contributed by atoms with Gasteiger partial charge < -0.3 is 24.4 Å². The molecule has 6 nitrogen and oxygen atoms in total. The normalized spacial score (nSPS) is 14.2. The van der Waals surface area contributed by atoms with Crippen LogP contribution in [-0.2, 0) is 4.79 Å². The number of phenolic OH excluding ortho intramolecular Hbond substituents is 1. The van der Waals surface area contributed by atoms with Crippen LogP contribution in [0.4, 0.5) is 0 Å². The average molecular weight is 382 g/mol. The molecule has 0 amide bonds. The number of ether oxygens (including phenoxy) is 3. The number of fused-ring (bicyclic) bond motifs is 1.